The van der Waals surface area contributed by atoms with Gasteiger partial charge in [0.05, 0.1) is 11.1 Å². The predicted molar refractivity (Wildman–Crippen MR) is 58.8 cm³/mol. The molecule has 17 heavy (non-hydrogen) atoms. The maximum atomic E-state index is 11.9. The van der Waals surface area contributed by atoms with Gasteiger partial charge in [0, 0.05) is 0 Å². The second-order valence-corrected chi connectivity index (χ2v) is 4.04. The molecule has 5 nitrogen and oxygen atoms in total. The van der Waals surface area contributed by atoms with E-state index in [1.807, 2.05) is 0 Å². The first-order valence-electron chi connectivity index (χ1n) is 5.15. The Morgan fingerprint density at radius 3 is 2.41 bits per heavy atom. The van der Waals surface area contributed by atoms with Gasteiger partial charge < -0.3 is 5.11 Å². The van der Waals surface area contributed by atoms with Gasteiger partial charge in [-0.25, -0.2) is 4.79 Å². The molecule has 0 saturated heterocycles. The Hall–Kier alpha value is -2.17. The fraction of sp³-hybridized carbons (Fsp3) is 0.250. The van der Waals surface area contributed by atoms with Crippen LogP contribution in [0.1, 0.15) is 33.2 Å². The van der Waals surface area contributed by atoms with E-state index in [1.54, 1.807) is 25.1 Å². The molecule has 0 saturated carbocycles. The molecule has 1 N–H and O–H groups in total. The SMILES string of the molecule is Cc1ccc2c(c1)C(=O)N([C@H](C)C(=O)O)C2=O. The van der Waals surface area contributed by atoms with Gasteiger partial charge >= 0.3 is 5.97 Å². The van der Waals surface area contributed by atoms with E-state index in [2.05, 4.69) is 0 Å². The van der Waals surface area contributed by atoms with Gasteiger partial charge in [-0.3, -0.25) is 14.5 Å². The van der Waals surface area contributed by atoms with E-state index in [1.165, 1.54) is 6.92 Å². The van der Waals surface area contributed by atoms with E-state index in [4.69, 9.17) is 5.11 Å². The van der Waals surface area contributed by atoms with Crippen molar-refractivity contribution in [2.45, 2.75) is 19.9 Å². The number of imide groups is 1. The van der Waals surface area contributed by atoms with Crippen LogP contribution in [0.25, 0.3) is 0 Å². The number of rotatable bonds is 2. The van der Waals surface area contributed by atoms with E-state index in [9.17, 15) is 14.4 Å². The lowest BCUT2D eigenvalue weighted by atomic mass is 10.1. The number of nitrogens with zero attached hydrogens (tertiary/aromatic N) is 1. The zero-order valence-electron chi connectivity index (χ0n) is 9.43. The molecule has 1 atom stereocenters. The largest absolute Gasteiger partial charge is 0.480 e. The number of hydrogen-bond acceptors (Lipinski definition) is 3. The first-order chi connectivity index (χ1) is 7.93. The maximum absolute atomic E-state index is 11.9. The molecular formula is C12H11NO4. The van der Waals surface area contributed by atoms with Crippen LogP contribution in [0.15, 0.2) is 18.2 Å². The van der Waals surface area contributed by atoms with Crippen LogP contribution >= 0.6 is 0 Å². The second kappa shape index (κ2) is 3.69. The molecule has 0 unspecified atom stereocenters. The van der Waals surface area contributed by atoms with E-state index < -0.39 is 23.8 Å². The van der Waals surface area contributed by atoms with Gasteiger partial charge in [-0.2, -0.15) is 0 Å². The minimum absolute atomic E-state index is 0.272. The molecule has 1 aliphatic heterocycles. The Bertz CT molecular complexity index is 535. The molecule has 1 aliphatic rings. The molecule has 2 amide bonds. The highest BCUT2D eigenvalue weighted by atomic mass is 16.4. The molecule has 2 rings (SSSR count). The Kier molecular flexibility index (Phi) is 2.46. The number of aliphatic carboxylic acids is 1. The van der Waals surface area contributed by atoms with E-state index >= 15 is 0 Å². The first kappa shape index (κ1) is 11.3. The number of fused-ring (bicyclic) bond motifs is 1. The Labute approximate surface area is 97.7 Å². The van der Waals surface area contributed by atoms with E-state index in [0.29, 0.717) is 0 Å². The average molecular weight is 233 g/mol. The zero-order valence-corrected chi connectivity index (χ0v) is 9.43. The summed E-state index contributed by atoms with van der Waals surface area (Å²) in [5, 5.41) is 8.87. The van der Waals surface area contributed by atoms with Crippen molar-refractivity contribution in [3.63, 3.8) is 0 Å². The van der Waals surface area contributed by atoms with Crippen molar-refractivity contribution in [2.75, 3.05) is 0 Å². The van der Waals surface area contributed by atoms with Gasteiger partial charge in [0.15, 0.2) is 0 Å². The predicted octanol–water partition coefficient (Wildman–Crippen LogP) is 1.06. The summed E-state index contributed by atoms with van der Waals surface area (Å²) in [5.74, 6) is -2.28. The molecule has 0 fully saturated rings. The van der Waals surface area contributed by atoms with Crippen LogP contribution in [0.5, 0.6) is 0 Å². The molecule has 0 bridgehead atoms. The summed E-state index contributed by atoms with van der Waals surface area (Å²) in [6.07, 6.45) is 0. The van der Waals surface area contributed by atoms with Crippen LogP contribution < -0.4 is 0 Å². The van der Waals surface area contributed by atoms with Crippen LogP contribution in [0.2, 0.25) is 0 Å². The summed E-state index contributed by atoms with van der Waals surface area (Å²) in [6.45, 7) is 3.12. The third-order valence-electron chi connectivity index (χ3n) is 2.82. The summed E-state index contributed by atoms with van der Waals surface area (Å²) < 4.78 is 0. The molecule has 88 valence electrons. The van der Waals surface area contributed by atoms with Crippen molar-refractivity contribution in [2.24, 2.45) is 0 Å². The number of carboxylic acid groups (broad SMARTS) is 1. The molecule has 0 aliphatic carbocycles. The lowest BCUT2D eigenvalue weighted by Gasteiger charge is -2.17. The van der Waals surface area contributed by atoms with Crippen molar-refractivity contribution < 1.29 is 19.5 Å². The highest BCUT2D eigenvalue weighted by molar-refractivity contribution is 6.22. The molecule has 5 heteroatoms. The van der Waals surface area contributed by atoms with Gasteiger partial charge in [0.2, 0.25) is 0 Å². The van der Waals surface area contributed by atoms with Gasteiger partial charge in [-0.15, -0.1) is 0 Å². The minimum atomic E-state index is -1.20. The van der Waals surface area contributed by atoms with Gasteiger partial charge in [0.1, 0.15) is 6.04 Å². The molecular weight excluding hydrogens is 222 g/mol. The van der Waals surface area contributed by atoms with E-state index in [-0.39, 0.29) is 11.1 Å². The normalized spacial score (nSPS) is 16.0. The number of carbonyl (C=O) groups is 3. The fourth-order valence-electron chi connectivity index (χ4n) is 1.84. The summed E-state index contributed by atoms with van der Waals surface area (Å²) in [7, 11) is 0. The van der Waals surface area contributed by atoms with Gasteiger partial charge in [-0.05, 0) is 26.0 Å². The molecule has 0 radical (unpaired) electrons. The summed E-state index contributed by atoms with van der Waals surface area (Å²) in [4.78, 5) is 35.5. The van der Waals surface area contributed by atoms with Crippen molar-refractivity contribution in [1.82, 2.24) is 4.90 Å². The number of aryl methyl sites for hydroxylation is 1. The lowest BCUT2D eigenvalue weighted by molar-refractivity contribution is -0.140. The van der Waals surface area contributed by atoms with Crippen LogP contribution in [0, 0.1) is 6.92 Å². The number of carboxylic acids is 1. The van der Waals surface area contributed by atoms with Crippen molar-refractivity contribution >= 4 is 17.8 Å². The smallest absolute Gasteiger partial charge is 0.326 e. The van der Waals surface area contributed by atoms with Gasteiger partial charge in [-0.1, -0.05) is 11.6 Å². The lowest BCUT2D eigenvalue weighted by Crippen LogP contribution is -2.42. The van der Waals surface area contributed by atoms with Crippen LogP contribution in [-0.4, -0.2) is 33.8 Å². The molecule has 1 heterocycles. The monoisotopic (exact) mass is 233 g/mol. The highest BCUT2D eigenvalue weighted by Gasteiger charge is 2.40. The molecule has 1 aromatic carbocycles. The third kappa shape index (κ3) is 1.60. The van der Waals surface area contributed by atoms with Crippen molar-refractivity contribution in [3.05, 3.63) is 34.9 Å². The molecule has 0 spiro atoms. The Balaban J connectivity index is 2.49. The van der Waals surface area contributed by atoms with Crippen LogP contribution in [0.4, 0.5) is 0 Å². The second-order valence-electron chi connectivity index (χ2n) is 4.04. The quantitative estimate of drug-likeness (QED) is 0.775. The van der Waals surface area contributed by atoms with E-state index in [0.717, 1.165) is 10.5 Å². The fourth-order valence-corrected chi connectivity index (χ4v) is 1.84. The van der Waals surface area contributed by atoms with Gasteiger partial charge in [0.25, 0.3) is 11.8 Å². The Morgan fingerprint density at radius 1 is 1.24 bits per heavy atom. The average Bonchev–Trinajstić information content (AvgIpc) is 2.50. The minimum Gasteiger partial charge on any atom is -0.480 e. The molecule has 0 aromatic heterocycles. The van der Waals surface area contributed by atoms with Crippen LogP contribution in [0.3, 0.4) is 0 Å². The maximum Gasteiger partial charge on any atom is 0.326 e. The summed E-state index contributed by atoms with van der Waals surface area (Å²) >= 11 is 0. The van der Waals surface area contributed by atoms with Crippen LogP contribution in [-0.2, 0) is 4.79 Å². The molecule has 1 aromatic rings. The summed E-state index contributed by atoms with van der Waals surface area (Å²) in [5.41, 5.74) is 1.41. The Morgan fingerprint density at radius 2 is 1.82 bits per heavy atom. The standard InChI is InChI=1S/C12H11NO4/c1-6-3-4-8-9(5-6)11(15)13(10(8)14)7(2)12(16)17/h3-5,7H,1-2H3,(H,16,17)/t7-/m1/s1. The van der Waals surface area contributed by atoms with Crippen molar-refractivity contribution in [3.8, 4) is 0 Å². The number of hydrogen-bond donors (Lipinski definition) is 1. The number of carbonyl (C=O) groups excluding carboxylic acids is 2. The topological polar surface area (TPSA) is 74.7 Å². The first-order valence-corrected chi connectivity index (χ1v) is 5.15. The van der Waals surface area contributed by atoms with Crippen molar-refractivity contribution in [1.29, 1.82) is 0 Å². The third-order valence-corrected chi connectivity index (χ3v) is 2.82. The number of amides is 2. The summed E-state index contributed by atoms with van der Waals surface area (Å²) in [6, 6.07) is 3.73. The zero-order chi connectivity index (χ0) is 12.7. The highest BCUT2D eigenvalue weighted by Crippen LogP contribution is 2.25. The number of benzene rings is 1.